The second-order valence-electron chi connectivity index (χ2n) is 6.30. The van der Waals surface area contributed by atoms with Gasteiger partial charge in [-0.3, -0.25) is 9.69 Å². The van der Waals surface area contributed by atoms with Crippen LogP contribution in [0.25, 0.3) is 10.2 Å². The maximum Gasteiger partial charge on any atom is 0.261 e. The molecule has 0 bridgehead atoms. The van der Waals surface area contributed by atoms with Crippen LogP contribution in [0.2, 0.25) is 5.02 Å². The van der Waals surface area contributed by atoms with Crippen molar-refractivity contribution in [3.63, 3.8) is 0 Å². The molecule has 1 aromatic heterocycles. The summed E-state index contributed by atoms with van der Waals surface area (Å²) in [5.74, 6) is 0.903. The van der Waals surface area contributed by atoms with Gasteiger partial charge in [0.05, 0.1) is 15.8 Å². The highest BCUT2D eigenvalue weighted by atomic mass is 35.5. The van der Waals surface area contributed by atoms with Crippen molar-refractivity contribution in [3.05, 3.63) is 53.1 Å². The molecule has 3 aromatic rings. The minimum Gasteiger partial charge on any atom is -0.308 e. The summed E-state index contributed by atoms with van der Waals surface area (Å²) >= 11 is 9.29. The molecule has 0 spiro atoms. The zero-order valence-electron chi connectivity index (χ0n) is 16.0. The highest BCUT2D eigenvalue weighted by Gasteiger charge is 2.23. The fourth-order valence-electron chi connectivity index (χ4n) is 2.66. The highest BCUT2D eigenvalue weighted by Crippen LogP contribution is 2.32. The van der Waals surface area contributed by atoms with Gasteiger partial charge < -0.3 is 4.90 Å². The third kappa shape index (κ3) is 5.39. The second-order valence-corrected chi connectivity index (χ2v) is 9.05. The normalized spacial score (nSPS) is 10.9. The quantitative estimate of drug-likeness (QED) is 0.428. The minimum absolute atomic E-state index is 0. The van der Waals surface area contributed by atoms with Gasteiger partial charge in [-0.1, -0.05) is 42.0 Å². The predicted molar refractivity (Wildman–Crippen MR) is 125 cm³/mol. The summed E-state index contributed by atoms with van der Waals surface area (Å²) in [4.78, 5) is 23.0. The van der Waals surface area contributed by atoms with Crippen LogP contribution in [0.3, 0.4) is 0 Å². The number of likely N-dealkylation sites (N-methyl/N-ethyl adjacent to an activating group) is 1. The number of rotatable bonds is 7. The molecular formula is C20H23Cl2N3OS2. The highest BCUT2D eigenvalue weighted by molar-refractivity contribution is 7.99. The summed E-state index contributed by atoms with van der Waals surface area (Å²) in [7, 11) is 4.00. The molecule has 1 amide bonds. The van der Waals surface area contributed by atoms with Crippen molar-refractivity contribution in [1.29, 1.82) is 0 Å². The number of aromatic nitrogens is 1. The molecule has 0 saturated heterocycles. The minimum atomic E-state index is -0.0152. The Morgan fingerprint density at radius 1 is 1.18 bits per heavy atom. The third-order valence-corrected chi connectivity index (χ3v) is 6.24. The Kier molecular flexibility index (Phi) is 8.58. The van der Waals surface area contributed by atoms with E-state index in [4.69, 9.17) is 16.6 Å². The monoisotopic (exact) mass is 455 g/mol. The van der Waals surface area contributed by atoms with Crippen LogP contribution >= 0.6 is 47.1 Å². The molecule has 0 unspecified atom stereocenters. The number of hydrogen-bond acceptors (Lipinski definition) is 5. The van der Waals surface area contributed by atoms with Crippen LogP contribution in [0.1, 0.15) is 17.3 Å². The topological polar surface area (TPSA) is 36.4 Å². The van der Waals surface area contributed by atoms with Gasteiger partial charge in [-0.15, -0.1) is 24.2 Å². The number of fused-ring (bicyclic) bond motifs is 1. The summed E-state index contributed by atoms with van der Waals surface area (Å²) in [5.41, 5.74) is 1.58. The van der Waals surface area contributed by atoms with Crippen molar-refractivity contribution in [3.8, 4) is 0 Å². The van der Waals surface area contributed by atoms with Crippen LogP contribution < -0.4 is 4.90 Å². The second kappa shape index (κ2) is 10.5. The maximum absolute atomic E-state index is 13.4. The Balaban J connectivity index is 0.00000280. The van der Waals surface area contributed by atoms with E-state index < -0.39 is 0 Å². The number of halogens is 2. The zero-order valence-corrected chi connectivity index (χ0v) is 19.2. The lowest BCUT2D eigenvalue weighted by Crippen LogP contribution is -2.37. The van der Waals surface area contributed by atoms with E-state index in [9.17, 15) is 4.79 Å². The molecule has 0 N–H and O–H groups in total. The van der Waals surface area contributed by atoms with E-state index in [1.807, 2.05) is 56.6 Å². The van der Waals surface area contributed by atoms with Crippen LogP contribution in [0, 0.1) is 0 Å². The molecule has 0 aliphatic carbocycles. The van der Waals surface area contributed by atoms with Crippen molar-refractivity contribution >= 4 is 68.4 Å². The Bertz CT molecular complexity index is 946. The average Bonchev–Trinajstić information content (AvgIpc) is 3.05. The van der Waals surface area contributed by atoms with Crippen LogP contribution in [-0.4, -0.2) is 48.7 Å². The molecule has 0 aliphatic heterocycles. The molecule has 0 fully saturated rings. The van der Waals surface area contributed by atoms with E-state index in [1.54, 1.807) is 16.7 Å². The number of carbonyl (C=O) groups excluding carboxylic acids is 1. The van der Waals surface area contributed by atoms with Gasteiger partial charge >= 0.3 is 0 Å². The lowest BCUT2D eigenvalue weighted by atomic mass is 10.2. The zero-order chi connectivity index (χ0) is 19.4. The van der Waals surface area contributed by atoms with Crippen molar-refractivity contribution in [2.75, 3.05) is 37.8 Å². The first-order valence-corrected chi connectivity index (χ1v) is 10.9. The fourth-order valence-corrected chi connectivity index (χ4v) is 4.72. The van der Waals surface area contributed by atoms with Crippen LogP contribution in [0.5, 0.6) is 0 Å². The maximum atomic E-state index is 13.4. The van der Waals surface area contributed by atoms with Gasteiger partial charge in [-0.2, -0.15) is 0 Å². The third-order valence-electron chi connectivity index (χ3n) is 4.00. The Hall–Kier alpha value is -1.31. The molecule has 28 heavy (non-hydrogen) atoms. The Morgan fingerprint density at radius 2 is 1.93 bits per heavy atom. The molecule has 2 aromatic carbocycles. The van der Waals surface area contributed by atoms with Crippen molar-refractivity contribution in [2.24, 2.45) is 0 Å². The summed E-state index contributed by atoms with van der Waals surface area (Å²) in [5, 5.41) is 1.38. The first kappa shape index (κ1) is 23.0. The largest absolute Gasteiger partial charge is 0.308 e. The molecule has 150 valence electrons. The summed E-state index contributed by atoms with van der Waals surface area (Å²) in [6.45, 7) is 3.42. The van der Waals surface area contributed by atoms with Gasteiger partial charge in [0.25, 0.3) is 5.91 Å². The summed E-state index contributed by atoms with van der Waals surface area (Å²) < 4.78 is 0.983. The van der Waals surface area contributed by atoms with Crippen LogP contribution in [0.4, 0.5) is 5.13 Å². The van der Waals surface area contributed by atoms with Gasteiger partial charge in [0.15, 0.2) is 5.13 Å². The molecule has 1 heterocycles. The number of thiazole rings is 1. The lowest BCUT2D eigenvalue weighted by Gasteiger charge is -2.23. The van der Waals surface area contributed by atoms with Crippen LogP contribution in [0.15, 0.2) is 47.4 Å². The van der Waals surface area contributed by atoms with E-state index in [1.165, 1.54) is 11.3 Å². The Labute approximate surface area is 185 Å². The predicted octanol–water partition coefficient (Wildman–Crippen LogP) is 5.69. The van der Waals surface area contributed by atoms with Gasteiger partial charge in [0.2, 0.25) is 0 Å². The van der Waals surface area contributed by atoms with E-state index in [0.717, 1.165) is 33.0 Å². The smallest absolute Gasteiger partial charge is 0.261 e. The number of nitrogens with zero attached hydrogens (tertiary/aromatic N) is 3. The number of hydrogen-bond donors (Lipinski definition) is 0. The van der Waals surface area contributed by atoms with Gasteiger partial charge in [0, 0.05) is 23.0 Å². The van der Waals surface area contributed by atoms with Gasteiger partial charge in [-0.25, -0.2) is 4.98 Å². The SMILES string of the molecule is CCSc1ccccc1C(=O)N(CCN(C)C)c1nc2ccc(Cl)cc2s1.Cl. The lowest BCUT2D eigenvalue weighted by molar-refractivity contribution is 0.0982. The number of amides is 1. The molecule has 0 saturated carbocycles. The van der Waals surface area contributed by atoms with Crippen LogP contribution in [-0.2, 0) is 0 Å². The van der Waals surface area contributed by atoms with E-state index >= 15 is 0 Å². The molecule has 0 radical (unpaired) electrons. The number of thioether (sulfide) groups is 1. The van der Waals surface area contributed by atoms with Crippen molar-refractivity contribution < 1.29 is 4.79 Å². The molecule has 8 heteroatoms. The Morgan fingerprint density at radius 3 is 2.64 bits per heavy atom. The first-order chi connectivity index (χ1) is 13.0. The van der Waals surface area contributed by atoms with Gasteiger partial charge in [0.1, 0.15) is 0 Å². The molecule has 3 rings (SSSR count). The molecule has 4 nitrogen and oxygen atoms in total. The number of anilines is 1. The first-order valence-electron chi connectivity index (χ1n) is 8.74. The summed E-state index contributed by atoms with van der Waals surface area (Å²) in [6.07, 6.45) is 0. The standard InChI is InChI=1S/C20H22ClN3OS2.ClH/c1-4-26-17-8-6-5-7-15(17)19(25)24(12-11-23(2)3)20-22-16-10-9-14(21)13-18(16)27-20;/h5-10,13H,4,11-12H2,1-3H3;1H. The van der Waals surface area contributed by atoms with Crippen molar-refractivity contribution in [1.82, 2.24) is 9.88 Å². The number of benzene rings is 2. The molecule has 0 aliphatic rings. The molecule has 0 atom stereocenters. The summed E-state index contributed by atoms with van der Waals surface area (Å²) in [6, 6.07) is 13.4. The van der Waals surface area contributed by atoms with E-state index in [-0.39, 0.29) is 18.3 Å². The molecular weight excluding hydrogens is 433 g/mol. The van der Waals surface area contributed by atoms with Crippen molar-refractivity contribution in [2.45, 2.75) is 11.8 Å². The fraction of sp³-hybridized carbons (Fsp3) is 0.300. The average molecular weight is 456 g/mol. The number of carbonyl (C=O) groups is 1. The van der Waals surface area contributed by atoms with Gasteiger partial charge in [-0.05, 0) is 50.2 Å². The van der Waals surface area contributed by atoms with E-state index in [2.05, 4.69) is 11.8 Å². The van der Waals surface area contributed by atoms with E-state index in [0.29, 0.717) is 16.7 Å².